The van der Waals surface area contributed by atoms with Crippen LogP contribution < -0.4 is 10.6 Å². The zero-order valence-electron chi connectivity index (χ0n) is 8.79. The second-order valence-electron chi connectivity index (χ2n) is 3.23. The monoisotopic (exact) mass is 208 g/mol. The van der Waals surface area contributed by atoms with E-state index >= 15 is 0 Å². The fraction of sp³-hybridized carbons (Fsp3) is 0.364. The van der Waals surface area contributed by atoms with E-state index in [1.165, 1.54) is 6.92 Å². The lowest BCUT2D eigenvalue weighted by Crippen LogP contribution is -2.10. The Bertz CT molecular complexity index is 326. The van der Waals surface area contributed by atoms with Gasteiger partial charge in [0.2, 0.25) is 5.91 Å². The number of aliphatic hydroxyl groups is 1. The topological polar surface area (TPSA) is 61.4 Å². The third-order valence-electron chi connectivity index (χ3n) is 1.89. The number of nitrogens with one attached hydrogen (secondary N) is 2. The highest BCUT2D eigenvalue weighted by Crippen LogP contribution is 2.20. The van der Waals surface area contributed by atoms with Gasteiger partial charge < -0.3 is 15.7 Å². The van der Waals surface area contributed by atoms with E-state index in [-0.39, 0.29) is 12.5 Å². The fourth-order valence-corrected chi connectivity index (χ4v) is 1.24. The Kier molecular flexibility index (Phi) is 4.63. The Labute approximate surface area is 89.3 Å². The molecule has 0 aliphatic carbocycles. The summed E-state index contributed by atoms with van der Waals surface area (Å²) in [4.78, 5) is 10.9. The maximum absolute atomic E-state index is 10.9. The minimum Gasteiger partial charge on any atom is -0.396 e. The molecule has 82 valence electrons. The second kappa shape index (κ2) is 6.03. The number of carbonyl (C=O) groups excluding carboxylic acids is 1. The number of benzene rings is 1. The number of amides is 1. The smallest absolute Gasteiger partial charge is 0.221 e. The van der Waals surface area contributed by atoms with Gasteiger partial charge in [-0.15, -0.1) is 0 Å². The van der Waals surface area contributed by atoms with Crippen molar-refractivity contribution in [2.24, 2.45) is 0 Å². The maximum atomic E-state index is 10.9. The molecule has 1 amide bonds. The lowest BCUT2D eigenvalue weighted by molar-refractivity contribution is -0.114. The van der Waals surface area contributed by atoms with Crippen molar-refractivity contribution in [2.45, 2.75) is 13.3 Å². The molecular weight excluding hydrogens is 192 g/mol. The van der Waals surface area contributed by atoms with Crippen molar-refractivity contribution in [2.75, 3.05) is 23.8 Å². The van der Waals surface area contributed by atoms with Gasteiger partial charge in [0.1, 0.15) is 0 Å². The summed E-state index contributed by atoms with van der Waals surface area (Å²) in [6.07, 6.45) is 0.689. The SMILES string of the molecule is CC(=O)Nc1ccccc1NCCCO. The molecule has 0 aromatic heterocycles. The number of carbonyl (C=O) groups is 1. The van der Waals surface area contributed by atoms with Crippen molar-refractivity contribution in [1.82, 2.24) is 0 Å². The average molecular weight is 208 g/mol. The zero-order chi connectivity index (χ0) is 11.1. The van der Waals surface area contributed by atoms with Crippen molar-refractivity contribution >= 4 is 17.3 Å². The molecule has 0 radical (unpaired) electrons. The first-order chi connectivity index (χ1) is 7.24. The summed E-state index contributed by atoms with van der Waals surface area (Å²) in [6.45, 7) is 2.33. The summed E-state index contributed by atoms with van der Waals surface area (Å²) in [7, 11) is 0. The normalized spacial score (nSPS) is 9.73. The van der Waals surface area contributed by atoms with Crippen LogP contribution in [0.3, 0.4) is 0 Å². The number of rotatable bonds is 5. The molecule has 0 saturated heterocycles. The van der Waals surface area contributed by atoms with Crippen LogP contribution in [0.5, 0.6) is 0 Å². The lowest BCUT2D eigenvalue weighted by Gasteiger charge is -2.11. The Morgan fingerprint density at radius 3 is 2.60 bits per heavy atom. The van der Waals surface area contributed by atoms with Gasteiger partial charge in [0.25, 0.3) is 0 Å². The first-order valence-corrected chi connectivity index (χ1v) is 4.95. The van der Waals surface area contributed by atoms with Gasteiger partial charge in [-0.25, -0.2) is 0 Å². The van der Waals surface area contributed by atoms with Crippen molar-refractivity contribution in [3.63, 3.8) is 0 Å². The van der Waals surface area contributed by atoms with E-state index in [0.717, 1.165) is 11.4 Å². The number of aliphatic hydroxyl groups excluding tert-OH is 1. The highest BCUT2D eigenvalue weighted by molar-refractivity contribution is 5.92. The van der Waals surface area contributed by atoms with Crippen molar-refractivity contribution in [3.8, 4) is 0 Å². The molecule has 0 saturated carbocycles. The minimum atomic E-state index is -0.0913. The zero-order valence-corrected chi connectivity index (χ0v) is 8.79. The van der Waals surface area contributed by atoms with Crippen LogP contribution in [0.15, 0.2) is 24.3 Å². The van der Waals surface area contributed by atoms with Crippen LogP contribution in [0.2, 0.25) is 0 Å². The summed E-state index contributed by atoms with van der Waals surface area (Å²) >= 11 is 0. The van der Waals surface area contributed by atoms with E-state index in [2.05, 4.69) is 10.6 Å². The van der Waals surface area contributed by atoms with Crippen LogP contribution in [0.1, 0.15) is 13.3 Å². The van der Waals surface area contributed by atoms with Gasteiger partial charge >= 0.3 is 0 Å². The van der Waals surface area contributed by atoms with Crippen molar-refractivity contribution in [1.29, 1.82) is 0 Å². The van der Waals surface area contributed by atoms with Crippen molar-refractivity contribution in [3.05, 3.63) is 24.3 Å². The molecule has 15 heavy (non-hydrogen) atoms. The third kappa shape index (κ3) is 3.99. The molecule has 0 heterocycles. The molecule has 4 nitrogen and oxygen atoms in total. The van der Waals surface area contributed by atoms with Gasteiger partial charge in [0, 0.05) is 20.1 Å². The van der Waals surface area contributed by atoms with Gasteiger partial charge in [-0.1, -0.05) is 12.1 Å². The molecular formula is C11H16N2O2. The molecule has 0 spiro atoms. The van der Waals surface area contributed by atoms with Gasteiger partial charge in [0.05, 0.1) is 11.4 Å². The highest BCUT2D eigenvalue weighted by atomic mass is 16.3. The number of hydrogen-bond donors (Lipinski definition) is 3. The van der Waals surface area contributed by atoms with Crippen LogP contribution >= 0.6 is 0 Å². The van der Waals surface area contributed by atoms with Gasteiger partial charge in [-0.3, -0.25) is 4.79 Å². The molecule has 3 N–H and O–H groups in total. The van der Waals surface area contributed by atoms with Crippen LogP contribution in [-0.2, 0) is 4.79 Å². The quantitative estimate of drug-likeness (QED) is 0.642. The number of anilines is 2. The Balaban J connectivity index is 2.64. The van der Waals surface area contributed by atoms with E-state index in [1.54, 1.807) is 0 Å². The van der Waals surface area contributed by atoms with E-state index < -0.39 is 0 Å². The molecule has 4 heteroatoms. The minimum absolute atomic E-state index is 0.0913. The molecule has 0 aliphatic heterocycles. The number of para-hydroxylation sites is 2. The van der Waals surface area contributed by atoms with E-state index in [4.69, 9.17) is 5.11 Å². The molecule has 0 atom stereocenters. The van der Waals surface area contributed by atoms with E-state index in [1.807, 2.05) is 24.3 Å². The summed E-state index contributed by atoms with van der Waals surface area (Å²) in [6, 6.07) is 7.49. The fourth-order valence-electron chi connectivity index (χ4n) is 1.24. The Morgan fingerprint density at radius 1 is 1.33 bits per heavy atom. The largest absolute Gasteiger partial charge is 0.396 e. The molecule has 0 bridgehead atoms. The van der Waals surface area contributed by atoms with E-state index in [9.17, 15) is 4.79 Å². The Morgan fingerprint density at radius 2 is 2.00 bits per heavy atom. The van der Waals surface area contributed by atoms with E-state index in [0.29, 0.717) is 13.0 Å². The predicted octanol–water partition coefficient (Wildman–Crippen LogP) is 1.44. The summed E-state index contributed by atoms with van der Waals surface area (Å²) in [5.74, 6) is -0.0913. The molecule has 0 fully saturated rings. The second-order valence-corrected chi connectivity index (χ2v) is 3.23. The average Bonchev–Trinajstić information content (AvgIpc) is 2.20. The lowest BCUT2D eigenvalue weighted by atomic mass is 10.2. The standard InChI is InChI=1S/C11H16N2O2/c1-9(15)13-11-6-3-2-5-10(11)12-7-4-8-14/h2-3,5-6,12,14H,4,7-8H2,1H3,(H,13,15). The summed E-state index contributed by atoms with van der Waals surface area (Å²) < 4.78 is 0. The van der Waals surface area contributed by atoms with Gasteiger partial charge in [0.15, 0.2) is 0 Å². The Hall–Kier alpha value is -1.55. The third-order valence-corrected chi connectivity index (χ3v) is 1.89. The van der Waals surface area contributed by atoms with Crippen molar-refractivity contribution < 1.29 is 9.90 Å². The first-order valence-electron chi connectivity index (χ1n) is 4.95. The number of hydrogen-bond acceptors (Lipinski definition) is 3. The molecule has 1 aromatic carbocycles. The summed E-state index contributed by atoms with van der Waals surface area (Å²) in [5.41, 5.74) is 1.64. The molecule has 0 aliphatic rings. The predicted molar refractivity (Wildman–Crippen MR) is 60.9 cm³/mol. The van der Waals surface area contributed by atoms with Gasteiger partial charge in [-0.05, 0) is 18.6 Å². The molecule has 0 unspecified atom stereocenters. The first kappa shape index (κ1) is 11.5. The van der Waals surface area contributed by atoms with Crippen LogP contribution in [0.4, 0.5) is 11.4 Å². The maximum Gasteiger partial charge on any atom is 0.221 e. The van der Waals surface area contributed by atoms with Crippen LogP contribution in [0.25, 0.3) is 0 Å². The molecule has 1 rings (SSSR count). The summed E-state index contributed by atoms with van der Waals surface area (Å²) in [5, 5.41) is 14.5. The van der Waals surface area contributed by atoms with Crippen LogP contribution in [-0.4, -0.2) is 24.2 Å². The van der Waals surface area contributed by atoms with Gasteiger partial charge in [-0.2, -0.15) is 0 Å². The highest BCUT2D eigenvalue weighted by Gasteiger charge is 2.01. The molecule has 1 aromatic rings. The van der Waals surface area contributed by atoms with Crippen LogP contribution in [0, 0.1) is 0 Å².